The highest BCUT2D eigenvalue weighted by molar-refractivity contribution is 6.33. The normalized spacial score (nSPS) is 10.3. The van der Waals surface area contributed by atoms with Gasteiger partial charge in [-0.3, -0.25) is 4.79 Å². The minimum absolute atomic E-state index is 0.0547. The molecule has 0 amide bonds. The summed E-state index contributed by atoms with van der Waals surface area (Å²) in [7, 11) is 0. The van der Waals surface area contributed by atoms with Crippen molar-refractivity contribution in [2.45, 2.75) is 13.8 Å². The number of hydrogen-bond acceptors (Lipinski definition) is 1. The van der Waals surface area contributed by atoms with Crippen molar-refractivity contribution in [3.05, 3.63) is 58.6 Å². The second-order valence-corrected chi connectivity index (χ2v) is 4.38. The van der Waals surface area contributed by atoms with Crippen LogP contribution >= 0.6 is 11.6 Å². The lowest BCUT2D eigenvalue weighted by Gasteiger charge is -2.06. The number of aryl methyl sites for hydroxylation is 1. The first-order valence-electron chi connectivity index (χ1n) is 5.38. The van der Waals surface area contributed by atoms with Gasteiger partial charge in [0.25, 0.3) is 0 Å². The third-order valence-corrected chi connectivity index (χ3v) is 2.92. The van der Waals surface area contributed by atoms with Gasteiger partial charge in [-0.1, -0.05) is 41.9 Å². The topological polar surface area (TPSA) is 17.1 Å². The van der Waals surface area contributed by atoms with Gasteiger partial charge in [-0.25, -0.2) is 0 Å². The predicted octanol–water partition coefficient (Wildman–Crippen LogP) is 4.32. The van der Waals surface area contributed by atoms with Crippen LogP contribution in [0.3, 0.4) is 0 Å². The smallest absolute Gasteiger partial charge is 0.159 e. The summed E-state index contributed by atoms with van der Waals surface area (Å²) < 4.78 is 0. The van der Waals surface area contributed by atoms with Gasteiger partial charge in [-0.2, -0.15) is 0 Å². The third-order valence-electron chi connectivity index (χ3n) is 2.62. The van der Waals surface area contributed by atoms with Gasteiger partial charge in [0.1, 0.15) is 0 Å². The van der Waals surface area contributed by atoms with E-state index in [4.69, 9.17) is 11.6 Å². The fourth-order valence-electron chi connectivity index (χ4n) is 1.69. The van der Waals surface area contributed by atoms with Crippen LogP contribution in [0.5, 0.6) is 0 Å². The molecule has 2 heteroatoms. The number of carbonyl (C=O) groups excluding carboxylic acids is 1. The van der Waals surface area contributed by atoms with E-state index in [1.807, 2.05) is 37.3 Å². The molecule has 0 fully saturated rings. The Morgan fingerprint density at radius 3 is 2.65 bits per heavy atom. The molecular weight excluding hydrogens is 232 g/mol. The number of rotatable bonds is 2. The van der Waals surface area contributed by atoms with Crippen molar-refractivity contribution in [2.75, 3.05) is 0 Å². The monoisotopic (exact) mass is 243 g/mol. The first kappa shape index (κ1) is 11.9. The maximum atomic E-state index is 11.3. The van der Waals surface area contributed by atoms with Gasteiger partial charge in [0.2, 0.25) is 0 Å². The molecule has 85 valence electrons. The van der Waals surface area contributed by atoms with Crippen molar-refractivity contribution < 1.29 is 4.79 Å². The summed E-state index contributed by atoms with van der Waals surface area (Å²) in [6.07, 6.45) is 0. The van der Waals surface area contributed by atoms with Gasteiger partial charge in [0.05, 0.1) is 5.02 Å². The van der Waals surface area contributed by atoms with E-state index >= 15 is 0 Å². The van der Waals surface area contributed by atoms with E-state index in [0.717, 1.165) is 16.7 Å². The molecule has 0 saturated heterocycles. The molecule has 0 aliphatic rings. The lowest BCUT2D eigenvalue weighted by molar-refractivity contribution is 0.101. The molecule has 0 N–H and O–H groups in total. The molecule has 1 radical (unpaired) electrons. The average Bonchev–Trinajstić information content (AvgIpc) is 2.29. The molecule has 17 heavy (non-hydrogen) atoms. The summed E-state index contributed by atoms with van der Waals surface area (Å²) >= 11 is 6.16. The summed E-state index contributed by atoms with van der Waals surface area (Å²) in [5.41, 5.74) is 3.54. The Hall–Kier alpha value is -1.60. The first-order valence-corrected chi connectivity index (χ1v) is 5.75. The van der Waals surface area contributed by atoms with Crippen LogP contribution in [-0.2, 0) is 0 Å². The Balaban J connectivity index is 2.53. The minimum Gasteiger partial charge on any atom is -0.295 e. The highest BCUT2D eigenvalue weighted by Gasteiger charge is 2.06. The Morgan fingerprint density at radius 1 is 1.24 bits per heavy atom. The number of halogens is 1. The molecule has 0 bridgehead atoms. The van der Waals surface area contributed by atoms with Crippen LogP contribution in [0.4, 0.5) is 0 Å². The maximum Gasteiger partial charge on any atom is 0.159 e. The van der Waals surface area contributed by atoms with E-state index in [2.05, 4.69) is 6.07 Å². The molecule has 0 aliphatic carbocycles. The van der Waals surface area contributed by atoms with Gasteiger partial charge < -0.3 is 0 Å². The Morgan fingerprint density at radius 2 is 2.00 bits per heavy atom. The van der Waals surface area contributed by atoms with Crippen LogP contribution < -0.4 is 0 Å². The van der Waals surface area contributed by atoms with Crippen LogP contribution in [0.1, 0.15) is 22.8 Å². The Kier molecular flexibility index (Phi) is 3.30. The van der Waals surface area contributed by atoms with Gasteiger partial charge in [0, 0.05) is 17.2 Å². The van der Waals surface area contributed by atoms with Gasteiger partial charge in [-0.05, 0) is 31.0 Å². The molecule has 2 rings (SSSR count). The summed E-state index contributed by atoms with van der Waals surface area (Å²) in [6, 6.07) is 14.4. The molecule has 0 saturated carbocycles. The Bertz CT molecular complexity index is 573. The highest BCUT2D eigenvalue weighted by Crippen LogP contribution is 2.28. The maximum absolute atomic E-state index is 11.3. The van der Waals surface area contributed by atoms with E-state index in [-0.39, 0.29) is 5.78 Å². The van der Waals surface area contributed by atoms with Crippen molar-refractivity contribution in [3.63, 3.8) is 0 Å². The van der Waals surface area contributed by atoms with E-state index in [1.165, 1.54) is 0 Å². The SMILES string of the molecule is CC(=O)c1cccc(-c2ccc(C)[c]c2Cl)c1. The van der Waals surface area contributed by atoms with Gasteiger partial charge in [-0.15, -0.1) is 0 Å². The summed E-state index contributed by atoms with van der Waals surface area (Å²) in [5, 5.41) is 0.589. The predicted molar refractivity (Wildman–Crippen MR) is 70.5 cm³/mol. The van der Waals surface area contributed by atoms with Crippen molar-refractivity contribution in [2.24, 2.45) is 0 Å². The van der Waals surface area contributed by atoms with Crippen molar-refractivity contribution in [1.82, 2.24) is 0 Å². The summed E-state index contributed by atoms with van der Waals surface area (Å²) in [5.74, 6) is 0.0547. The van der Waals surface area contributed by atoms with E-state index in [9.17, 15) is 4.79 Å². The number of Topliss-reactive ketones (excluding diaryl/α,β-unsaturated/α-hetero) is 1. The molecule has 0 atom stereocenters. The van der Waals surface area contributed by atoms with E-state index < -0.39 is 0 Å². The van der Waals surface area contributed by atoms with Crippen LogP contribution in [0.2, 0.25) is 5.02 Å². The second kappa shape index (κ2) is 4.72. The molecular formula is C15H12ClO. The molecule has 2 aromatic rings. The quantitative estimate of drug-likeness (QED) is 0.718. The molecule has 2 aromatic carbocycles. The van der Waals surface area contributed by atoms with Gasteiger partial charge in [0.15, 0.2) is 5.78 Å². The molecule has 0 unspecified atom stereocenters. The molecule has 1 nitrogen and oxygen atoms in total. The number of carbonyl (C=O) groups is 1. The highest BCUT2D eigenvalue weighted by atomic mass is 35.5. The lowest BCUT2D eigenvalue weighted by Crippen LogP contribution is -1.92. The molecule has 0 heterocycles. The summed E-state index contributed by atoms with van der Waals surface area (Å²) in [4.78, 5) is 11.3. The number of ketones is 1. The largest absolute Gasteiger partial charge is 0.295 e. The Labute approximate surface area is 106 Å². The van der Waals surface area contributed by atoms with Crippen molar-refractivity contribution in [1.29, 1.82) is 0 Å². The number of hydrogen-bond donors (Lipinski definition) is 0. The number of benzene rings is 2. The lowest BCUT2D eigenvalue weighted by atomic mass is 10.0. The minimum atomic E-state index is 0.0547. The van der Waals surface area contributed by atoms with Crippen LogP contribution in [-0.4, -0.2) is 5.78 Å². The van der Waals surface area contributed by atoms with Crippen LogP contribution in [0.15, 0.2) is 36.4 Å². The van der Waals surface area contributed by atoms with Crippen molar-refractivity contribution >= 4 is 17.4 Å². The molecule has 0 spiro atoms. The zero-order valence-electron chi connectivity index (χ0n) is 9.75. The van der Waals surface area contributed by atoms with E-state index in [0.29, 0.717) is 10.6 Å². The second-order valence-electron chi connectivity index (χ2n) is 4.01. The fraction of sp³-hybridized carbons (Fsp3) is 0.133. The van der Waals surface area contributed by atoms with Crippen LogP contribution in [0.25, 0.3) is 11.1 Å². The zero-order valence-corrected chi connectivity index (χ0v) is 10.5. The van der Waals surface area contributed by atoms with Crippen molar-refractivity contribution in [3.8, 4) is 11.1 Å². The molecule has 0 aliphatic heterocycles. The van der Waals surface area contributed by atoms with Gasteiger partial charge >= 0.3 is 0 Å². The standard InChI is InChI=1S/C15H12ClO/c1-10-6-7-14(15(16)8-10)13-5-3-4-12(9-13)11(2)17/h3-7,9H,1-2H3. The average molecular weight is 244 g/mol. The van der Waals surface area contributed by atoms with E-state index in [1.54, 1.807) is 13.0 Å². The zero-order chi connectivity index (χ0) is 12.4. The first-order chi connectivity index (χ1) is 8.08. The fourth-order valence-corrected chi connectivity index (χ4v) is 2.01. The summed E-state index contributed by atoms with van der Waals surface area (Å²) in [6.45, 7) is 3.50. The third kappa shape index (κ3) is 2.56. The molecule has 0 aromatic heterocycles. The van der Waals surface area contributed by atoms with Crippen LogP contribution in [0, 0.1) is 13.0 Å².